The summed E-state index contributed by atoms with van der Waals surface area (Å²) in [6.07, 6.45) is 1.25. The number of carbonyl (C=O) groups excluding carboxylic acids is 2. The zero-order valence-corrected chi connectivity index (χ0v) is 11.5. The fourth-order valence-corrected chi connectivity index (χ4v) is 2.31. The molecule has 0 aliphatic heterocycles. The van der Waals surface area contributed by atoms with Crippen LogP contribution in [0.4, 0.5) is 5.69 Å². The van der Waals surface area contributed by atoms with Crippen LogP contribution in [-0.4, -0.2) is 21.8 Å². The summed E-state index contributed by atoms with van der Waals surface area (Å²) in [7, 11) is 0. The summed E-state index contributed by atoms with van der Waals surface area (Å²) in [6.45, 7) is 3.14. The number of phenols is 2. The molecular formula is C16H14N2O4. The SMILES string of the molecule is C=CN.Nc1cccc2c1C(=O)c1c(O)ccc(O)c1C2=O. The molecule has 0 atom stereocenters. The van der Waals surface area contributed by atoms with E-state index in [1.807, 2.05) is 0 Å². The number of anilines is 1. The van der Waals surface area contributed by atoms with Crippen molar-refractivity contribution in [1.29, 1.82) is 0 Å². The first-order valence-corrected chi connectivity index (χ1v) is 6.29. The Kier molecular flexibility index (Phi) is 3.85. The van der Waals surface area contributed by atoms with Crippen LogP contribution in [0.2, 0.25) is 0 Å². The summed E-state index contributed by atoms with van der Waals surface area (Å²) in [4.78, 5) is 24.6. The number of fused-ring (bicyclic) bond motifs is 2. The molecule has 0 unspecified atom stereocenters. The van der Waals surface area contributed by atoms with E-state index in [4.69, 9.17) is 5.73 Å². The Hall–Kier alpha value is -3.28. The molecule has 1 aliphatic rings. The second kappa shape index (κ2) is 5.61. The number of ketones is 2. The fraction of sp³-hybridized carbons (Fsp3) is 0. The van der Waals surface area contributed by atoms with E-state index in [0.717, 1.165) is 0 Å². The number of nitrogen functional groups attached to an aromatic ring is 1. The highest BCUT2D eigenvalue weighted by molar-refractivity contribution is 6.31. The standard InChI is InChI=1S/C14H9NO4.C2H5N/c15-7-3-1-2-6-10(7)14(19)12-9(17)5-4-8(16)11(12)13(6)18;1-2-3/h1-5,16-17H,15H2;2H,1,3H2. The van der Waals surface area contributed by atoms with Gasteiger partial charge in [-0.05, 0) is 24.4 Å². The third-order valence-electron chi connectivity index (χ3n) is 3.18. The van der Waals surface area contributed by atoms with Crippen LogP contribution in [0.25, 0.3) is 0 Å². The van der Waals surface area contributed by atoms with Gasteiger partial charge in [-0.25, -0.2) is 0 Å². The number of hydrogen-bond acceptors (Lipinski definition) is 6. The number of aromatic hydroxyl groups is 2. The van der Waals surface area contributed by atoms with Gasteiger partial charge in [0.15, 0.2) is 11.6 Å². The Morgan fingerprint density at radius 2 is 1.41 bits per heavy atom. The van der Waals surface area contributed by atoms with Crippen LogP contribution < -0.4 is 11.5 Å². The van der Waals surface area contributed by atoms with E-state index in [1.165, 1.54) is 30.5 Å². The average molecular weight is 298 g/mol. The van der Waals surface area contributed by atoms with Crippen molar-refractivity contribution in [3.05, 3.63) is 65.4 Å². The molecule has 2 aromatic carbocycles. The number of hydrogen-bond donors (Lipinski definition) is 4. The van der Waals surface area contributed by atoms with Crippen molar-refractivity contribution in [2.24, 2.45) is 5.73 Å². The molecule has 0 spiro atoms. The van der Waals surface area contributed by atoms with Gasteiger partial charge in [0.2, 0.25) is 0 Å². The van der Waals surface area contributed by atoms with E-state index >= 15 is 0 Å². The monoisotopic (exact) mass is 298 g/mol. The summed E-state index contributed by atoms with van der Waals surface area (Å²) in [6, 6.07) is 6.89. The molecule has 3 rings (SSSR count). The van der Waals surface area contributed by atoms with Crippen LogP contribution in [0.5, 0.6) is 11.5 Å². The van der Waals surface area contributed by atoms with Gasteiger partial charge in [0.1, 0.15) is 11.5 Å². The first-order valence-electron chi connectivity index (χ1n) is 6.29. The molecule has 6 N–H and O–H groups in total. The minimum absolute atomic E-state index is 0.0703. The molecule has 1 aliphatic carbocycles. The predicted molar refractivity (Wildman–Crippen MR) is 81.9 cm³/mol. The Labute approximate surface area is 126 Å². The molecule has 6 heteroatoms. The average Bonchev–Trinajstić information content (AvgIpc) is 2.47. The molecule has 112 valence electrons. The van der Waals surface area contributed by atoms with Gasteiger partial charge >= 0.3 is 0 Å². The molecule has 2 aromatic rings. The van der Waals surface area contributed by atoms with E-state index in [9.17, 15) is 19.8 Å². The lowest BCUT2D eigenvalue weighted by molar-refractivity contribution is 0.0975. The van der Waals surface area contributed by atoms with Crippen molar-refractivity contribution in [1.82, 2.24) is 0 Å². The number of nitrogens with two attached hydrogens (primary N) is 2. The molecule has 0 fully saturated rings. The minimum Gasteiger partial charge on any atom is -0.507 e. The van der Waals surface area contributed by atoms with Gasteiger partial charge in [-0.1, -0.05) is 18.7 Å². The van der Waals surface area contributed by atoms with Crippen LogP contribution in [0.3, 0.4) is 0 Å². The van der Waals surface area contributed by atoms with E-state index in [-0.39, 0.29) is 39.4 Å². The van der Waals surface area contributed by atoms with Crippen LogP contribution in [0.15, 0.2) is 43.1 Å². The van der Waals surface area contributed by atoms with Crippen molar-refractivity contribution < 1.29 is 19.8 Å². The summed E-state index contributed by atoms with van der Waals surface area (Å²) in [5.74, 6) is -1.76. The Balaban J connectivity index is 0.000000545. The molecule has 0 heterocycles. The molecule has 0 saturated heterocycles. The molecule has 6 nitrogen and oxygen atoms in total. The van der Waals surface area contributed by atoms with E-state index < -0.39 is 11.6 Å². The molecule has 0 amide bonds. The Bertz CT molecular complexity index is 797. The molecular weight excluding hydrogens is 284 g/mol. The highest BCUT2D eigenvalue weighted by atomic mass is 16.3. The molecule has 0 aromatic heterocycles. The van der Waals surface area contributed by atoms with Crippen molar-refractivity contribution in [3.8, 4) is 11.5 Å². The number of rotatable bonds is 0. The van der Waals surface area contributed by atoms with Gasteiger partial charge in [0, 0.05) is 11.3 Å². The zero-order valence-electron chi connectivity index (χ0n) is 11.5. The van der Waals surface area contributed by atoms with Gasteiger partial charge in [0.25, 0.3) is 0 Å². The first-order chi connectivity index (χ1) is 10.4. The molecule has 0 bridgehead atoms. The van der Waals surface area contributed by atoms with Crippen LogP contribution in [0.1, 0.15) is 31.8 Å². The lowest BCUT2D eigenvalue weighted by Gasteiger charge is -2.20. The van der Waals surface area contributed by atoms with Gasteiger partial charge in [-0.15, -0.1) is 0 Å². The smallest absolute Gasteiger partial charge is 0.200 e. The zero-order chi connectivity index (χ0) is 16.4. The number of phenolic OH excluding ortho intramolecular Hbond substituents is 2. The lowest BCUT2D eigenvalue weighted by atomic mass is 9.82. The number of benzene rings is 2. The van der Waals surface area contributed by atoms with E-state index in [0.29, 0.717) is 0 Å². The lowest BCUT2D eigenvalue weighted by Crippen LogP contribution is -2.22. The van der Waals surface area contributed by atoms with Crippen molar-refractivity contribution >= 4 is 17.3 Å². The van der Waals surface area contributed by atoms with Crippen molar-refractivity contribution in [3.63, 3.8) is 0 Å². The maximum absolute atomic E-state index is 12.3. The summed E-state index contributed by atoms with van der Waals surface area (Å²) in [5, 5.41) is 19.5. The van der Waals surface area contributed by atoms with E-state index in [1.54, 1.807) is 6.07 Å². The first kappa shape index (κ1) is 15.1. The quantitative estimate of drug-likeness (QED) is 0.368. The Morgan fingerprint density at radius 1 is 0.909 bits per heavy atom. The minimum atomic E-state index is -0.559. The second-order valence-electron chi connectivity index (χ2n) is 4.52. The molecule has 22 heavy (non-hydrogen) atoms. The summed E-state index contributed by atoms with van der Waals surface area (Å²) >= 11 is 0. The van der Waals surface area contributed by atoms with Crippen molar-refractivity contribution in [2.45, 2.75) is 0 Å². The largest absolute Gasteiger partial charge is 0.507 e. The van der Waals surface area contributed by atoms with Gasteiger partial charge in [0.05, 0.1) is 16.7 Å². The van der Waals surface area contributed by atoms with Crippen LogP contribution >= 0.6 is 0 Å². The maximum atomic E-state index is 12.3. The van der Waals surface area contributed by atoms with Gasteiger partial charge in [-0.2, -0.15) is 0 Å². The van der Waals surface area contributed by atoms with Crippen molar-refractivity contribution in [2.75, 3.05) is 5.73 Å². The molecule has 0 radical (unpaired) electrons. The second-order valence-corrected chi connectivity index (χ2v) is 4.52. The third-order valence-corrected chi connectivity index (χ3v) is 3.18. The molecule has 0 saturated carbocycles. The highest BCUT2D eigenvalue weighted by Crippen LogP contribution is 2.38. The summed E-state index contributed by atoms with van der Waals surface area (Å²) < 4.78 is 0. The van der Waals surface area contributed by atoms with Crippen LogP contribution in [-0.2, 0) is 0 Å². The topological polar surface area (TPSA) is 127 Å². The van der Waals surface area contributed by atoms with Gasteiger partial charge in [-0.3, -0.25) is 9.59 Å². The third kappa shape index (κ3) is 2.16. The normalized spacial score (nSPS) is 11.8. The Morgan fingerprint density at radius 3 is 1.95 bits per heavy atom. The summed E-state index contributed by atoms with van der Waals surface area (Å²) in [5.41, 5.74) is 10.3. The number of carbonyl (C=O) groups is 2. The predicted octanol–water partition coefficient (Wildman–Crippen LogP) is 1.54. The van der Waals surface area contributed by atoms with E-state index in [2.05, 4.69) is 12.3 Å². The van der Waals surface area contributed by atoms with Gasteiger partial charge < -0.3 is 21.7 Å². The fourth-order valence-electron chi connectivity index (χ4n) is 2.31. The van der Waals surface area contributed by atoms with Crippen LogP contribution in [0, 0.1) is 0 Å². The maximum Gasteiger partial charge on any atom is 0.200 e. The highest BCUT2D eigenvalue weighted by Gasteiger charge is 2.35.